The van der Waals surface area contributed by atoms with Crippen LogP contribution in [0.15, 0.2) is 40.4 Å². The molecular weight excluding hydrogens is 314 g/mol. The molecule has 1 N–H and O–H groups in total. The second kappa shape index (κ2) is 6.16. The molecule has 0 saturated carbocycles. The maximum Gasteiger partial charge on any atom is 0.226 e. The summed E-state index contributed by atoms with van der Waals surface area (Å²) in [4.78, 5) is 18.6. The van der Waals surface area contributed by atoms with Gasteiger partial charge in [-0.3, -0.25) is 9.79 Å². The molecule has 0 aliphatic carbocycles. The van der Waals surface area contributed by atoms with Crippen LogP contribution in [0.1, 0.15) is 6.42 Å². The van der Waals surface area contributed by atoms with E-state index in [1.807, 2.05) is 29.7 Å². The van der Waals surface area contributed by atoms with Crippen LogP contribution in [0.2, 0.25) is 0 Å². The molecule has 0 bridgehead atoms. The standard InChI is InChI=1S/C16H17N3O3S/c20-15(7-11-10-23-16-17-5-6-19(11)16)18-8-12-9-21-13-3-1-2-4-14(13)22-12/h1-4,10,12H,5-9H2,(H,18,20)/t12-/m0/s1. The quantitative estimate of drug-likeness (QED) is 0.908. The number of aliphatic imine (C=N–C) groups is 1. The first-order valence-electron chi connectivity index (χ1n) is 7.62. The zero-order valence-electron chi connectivity index (χ0n) is 12.5. The lowest BCUT2D eigenvalue weighted by atomic mass is 10.2. The highest BCUT2D eigenvalue weighted by molar-refractivity contribution is 8.16. The Morgan fingerprint density at radius 1 is 1.39 bits per heavy atom. The summed E-state index contributed by atoms with van der Waals surface area (Å²) in [6, 6.07) is 7.57. The number of fused-ring (bicyclic) bond motifs is 2. The topological polar surface area (TPSA) is 63.2 Å². The first kappa shape index (κ1) is 14.4. The molecule has 3 heterocycles. The van der Waals surface area contributed by atoms with Gasteiger partial charge < -0.3 is 19.7 Å². The van der Waals surface area contributed by atoms with Crippen molar-refractivity contribution < 1.29 is 14.3 Å². The molecule has 3 aliphatic heterocycles. The SMILES string of the molecule is O=C(CC1=CSC2=NCCN12)NC[C@H]1COc2ccccc2O1. The van der Waals surface area contributed by atoms with Crippen LogP contribution in [0.25, 0.3) is 0 Å². The lowest BCUT2D eigenvalue weighted by Gasteiger charge is -2.26. The Hall–Kier alpha value is -2.15. The number of rotatable bonds is 4. The average Bonchev–Trinajstić information content (AvgIpc) is 3.18. The number of ether oxygens (including phenoxy) is 2. The van der Waals surface area contributed by atoms with Gasteiger partial charge in [0, 0.05) is 12.2 Å². The van der Waals surface area contributed by atoms with E-state index in [0.717, 1.165) is 35.5 Å². The second-order valence-electron chi connectivity index (χ2n) is 5.52. The van der Waals surface area contributed by atoms with Crippen LogP contribution in [-0.2, 0) is 4.79 Å². The van der Waals surface area contributed by atoms with Crippen LogP contribution in [0.3, 0.4) is 0 Å². The third-order valence-corrected chi connectivity index (χ3v) is 4.83. The minimum Gasteiger partial charge on any atom is -0.486 e. The molecule has 0 saturated heterocycles. The Morgan fingerprint density at radius 3 is 3.17 bits per heavy atom. The molecule has 1 aromatic carbocycles. The summed E-state index contributed by atoms with van der Waals surface area (Å²) in [5.41, 5.74) is 1.02. The van der Waals surface area contributed by atoms with E-state index < -0.39 is 0 Å². The van der Waals surface area contributed by atoms with Gasteiger partial charge in [-0.25, -0.2) is 0 Å². The number of nitrogens with zero attached hydrogens (tertiary/aromatic N) is 2. The van der Waals surface area contributed by atoms with Crippen molar-refractivity contribution >= 4 is 22.8 Å². The molecule has 1 aromatic rings. The average molecular weight is 331 g/mol. The fraction of sp³-hybridized carbons (Fsp3) is 0.375. The van der Waals surface area contributed by atoms with Crippen molar-refractivity contribution in [3.8, 4) is 11.5 Å². The first-order valence-corrected chi connectivity index (χ1v) is 8.50. The number of amidine groups is 1. The summed E-state index contributed by atoms with van der Waals surface area (Å²) in [5.74, 6) is 1.47. The first-order chi connectivity index (χ1) is 11.3. The predicted molar refractivity (Wildman–Crippen MR) is 88.7 cm³/mol. The molecule has 7 heteroatoms. The van der Waals surface area contributed by atoms with E-state index in [4.69, 9.17) is 9.47 Å². The van der Waals surface area contributed by atoms with Crippen molar-refractivity contribution in [2.75, 3.05) is 26.2 Å². The maximum absolute atomic E-state index is 12.2. The molecule has 0 fully saturated rings. The van der Waals surface area contributed by atoms with E-state index in [1.54, 1.807) is 11.8 Å². The Morgan fingerprint density at radius 2 is 2.26 bits per heavy atom. The molecule has 120 valence electrons. The fourth-order valence-electron chi connectivity index (χ4n) is 2.73. The van der Waals surface area contributed by atoms with Gasteiger partial charge in [0.2, 0.25) is 5.91 Å². The highest BCUT2D eigenvalue weighted by atomic mass is 32.2. The number of benzene rings is 1. The zero-order chi connectivity index (χ0) is 15.6. The number of amides is 1. The number of thioether (sulfide) groups is 1. The molecule has 6 nitrogen and oxygen atoms in total. The maximum atomic E-state index is 12.2. The number of carbonyl (C=O) groups is 1. The molecule has 23 heavy (non-hydrogen) atoms. The minimum atomic E-state index is -0.162. The largest absolute Gasteiger partial charge is 0.486 e. The minimum absolute atomic E-state index is 0.00698. The summed E-state index contributed by atoms with van der Waals surface area (Å²) < 4.78 is 11.5. The zero-order valence-corrected chi connectivity index (χ0v) is 13.3. The summed E-state index contributed by atoms with van der Waals surface area (Å²) in [5, 5.41) is 5.95. The fourth-order valence-corrected chi connectivity index (χ4v) is 3.69. The van der Waals surface area contributed by atoms with Gasteiger partial charge in [-0.05, 0) is 17.5 Å². The van der Waals surface area contributed by atoms with Crippen molar-refractivity contribution in [1.82, 2.24) is 10.2 Å². The molecule has 0 radical (unpaired) electrons. The Bertz CT molecular complexity index is 689. The van der Waals surface area contributed by atoms with Crippen LogP contribution in [0.5, 0.6) is 11.5 Å². The highest BCUT2D eigenvalue weighted by Gasteiger charge is 2.28. The Balaban J connectivity index is 1.27. The summed E-state index contributed by atoms with van der Waals surface area (Å²) in [6.45, 7) is 2.57. The molecule has 1 amide bonds. The van der Waals surface area contributed by atoms with Crippen LogP contribution < -0.4 is 14.8 Å². The summed E-state index contributed by atoms with van der Waals surface area (Å²) in [6.07, 6.45) is 0.209. The van der Waals surface area contributed by atoms with Crippen molar-refractivity contribution in [1.29, 1.82) is 0 Å². The van der Waals surface area contributed by atoms with Gasteiger partial charge in [-0.1, -0.05) is 23.9 Å². The highest BCUT2D eigenvalue weighted by Crippen LogP contribution is 2.31. The van der Waals surface area contributed by atoms with Gasteiger partial charge >= 0.3 is 0 Å². The third-order valence-electron chi connectivity index (χ3n) is 3.88. The molecular formula is C16H17N3O3S. The third kappa shape index (κ3) is 3.01. The molecule has 0 aromatic heterocycles. The van der Waals surface area contributed by atoms with Crippen LogP contribution >= 0.6 is 11.8 Å². The number of hydrogen-bond donors (Lipinski definition) is 1. The van der Waals surface area contributed by atoms with Gasteiger partial charge in [0.15, 0.2) is 16.7 Å². The van der Waals surface area contributed by atoms with Crippen LogP contribution in [-0.4, -0.2) is 48.3 Å². The number of hydrogen-bond acceptors (Lipinski definition) is 6. The van der Waals surface area contributed by atoms with Crippen molar-refractivity contribution in [2.45, 2.75) is 12.5 Å². The number of carbonyl (C=O) groups excluding carboxylic acids is 1. The van der Waals surface area contributed by atoms with E-state index in [1.165, 1.54) is 0 Å². The molecule has 3 aliphatic rings. The Labute approximate surface area is 138 Å². The number of para-hydroxylation sites is 2. The molecule has 0 spiro atoms. The van der Waals surface area contributed by atoms with Crippen LogP contribution in [0, 0.1) is 0 Å². The van der Waals surface area contributed by atoms with Gasteiger partial charge in [0.25, 0.3) is 0 Å². The van der Waals surface area contributed by atoms with Gasteiger partial charge in [-0.15, -0.1) is 0 Å². The van der Waals surface area contributed by atoms with Crippen LogP contribution in [0.4, 0.5) is 0 Å². The monoisotopic (exact) mass is 331 g/mol. The molecule has 0 unspecified atom stereocenters. The van der Waals surface area contributed by atoms with E-state index in [9.17, 15) is 4.79 Å². The van der Waals surface area contributed by atoms with Crippen molar-refractivity contribution in [3.63, 3.8) is 0 Å². The lowest BCUT2D eigenvalue weighted by molar-refractivity contribution is -0.121. The number of nitrogens with one attached hydrogen (secondary N) is 1. The summed E-state index contributed by atoms with van der Waals surface area (Å²) >= 11 is 1.59. The normalized spacial score (nSPS) is 21.6. The van der Waals surface area contributed by atoms with Crippen molar-refractivity contribution in [2.24, 2.45) is 4.99 Å². The van der Waals surface area contributed by atoms with Gasteiger partial charge in [0.1, 0.15) is 12.7 Å². The second-order valence-corrected chi connectivity index (χ2v) is 6.36. The molecule has 4 rings (SSSR count). The van der Waals surface area contributed by atoms with Gasteiger partial charge in [0.05, 0.1) is 19.5 Å². The lowest BCUT2D eigenvalue weighted by Crippen LogP contribution is -2.41. The van der Waals surface area contributed by atoms with E-state index in [0.29, 0.717) is 19.6 Å². The van der Waals surface area contributed by atoms with E-state index in [2.05, 4.69) is 15.2 Å². The summed E-state index contributed by atoms with van der Waals surface area (Å²) in [7, 11) is 0. The molecule has 1 atom stereocenters. The predicted octanol–water partition coefficient (Wildman–Crippen LogP) is 1.59. The van der Waals surface area contributed by atoms with E-state index >= 15 is 0 Å². The van der Waals surface area contributed by atoms with E-state index in [-0.39, 0.29) is 12.0 Å². The van der Waals surface area contributed by atoms with Gasteiger partial charge in [-0.2, -0.15) is 0 Å². The van der Waals surface area contributed by atoms with Crippen molar-refractivity contribution in [3.05, 3.63) is 35.4 Å². The smallest absolute Gasteiger partial charge is 0.226 e. The Kier molecular flexibility index (Phi) is 3.87.